The van der Waals surface area contributed by atoms with Crippen molar-refractivity contribution < 1.29 is 5.11 Å². The molecule has 88 valence electrons. The van der Waals surface area contributed by atoms with Crippen LogP contribution in [0.15, 0.2) is 42.5 Å². The van der Waals surface area contributed by atoms with E-state index in [1.165, 1.54) is 5.39 Å². The van der Waals surface area contributed by atoms with Gasteiger partial charge in [-0.1, -0.05) is 36.4 Å². The molecule has 17 heavy (non-hydrogen) atoms. The highest BCUT2D eigenvalue weighted by Gasteiger charge is 2.01. The third-order valence-corrected chi connectivity index (χ3v) is 2.68. The molecule has 0 fully saturated rings. The molecule has 3 nitrogen and oxygen atoms in total. The largest absolute Gasteiger partial charge is 0.395 e. The number of rotatable bonds is 3. The van der Waals surface area contributed by atoms with Gasteiger partial charge in [0.15, 0.2) is 5.11 Å². The summed E-state index contributed by atoms with van der Waals surface area (Å²) >= 11 is 5.13. The molecule has 0 spiro atoms. The summed E-state index contributed by atoms with van der Waals surface area (Å²) in [6.07, 6.45) is 0. The second-order valence-corrected chi connectivity index (χ2v) is 4.04. The minimum absolute atomic E-state index is 0.0668. The van der Waals surface area contributed by atoms with Crippen molar-refractivity contribution in [3.8, 4) is 0 Å². The Hall–Kier alpha value is -1.65. The van der Waals surface area contributed by atoms with Gasteiger partial charge < -0.3 is 15.7 Å². The highest BCUT2D eigenvalue weighted by Crippen LogP contribution is 2.22. The fraction of sp³-hybridized carbons (Fsp3) is 0.154. The zero-order chi connectivity index (χ0) is 12.1. The minimum atomic E-state index is 0.0668. The molecule has 0 aliphatic carbocycles. The Labute approximate surface area is 105 Å². The van der Waals surface area contributed by atoms with E-state index in [-0.39, 0.29) is 6.61 Å². The van der Waals surface area contributed by atoms with Crippen molar-refractivity contribution in [1.82, 2.24) is 5.32 Å². The molecule has 0 saturated heterocycles. The van der Waals surface area contributed by atoms with Gasteiger partial charge in [-0.05, 0) is 23.7 Å². The average Bonchev–Trinajstić information content (AvgIpc) is 2.37. The summed E-state index contributed by atoms with van der Waals surface area (Å²) in [5, 5.41) is 17.6. The lowest BCUT2D eigenvalue weighted by atomic mass is 10.1. The topological polar surface area (TPSA) is 44.3 Å². The van der Waals surface area contributed by atoms with Crippen molar-refractivity contribution in [2.24, 2.45) is 0 Å². The second kappa shape index (κ2) is 5.61. The summed E-state index contributed by atoms with van der Waals surface area (Å²) in [5.41, 5.74) is 0.971. The molecule has 0 atom stereocenters. The van der Waals surface area contributed by atoms with Gasteiger partial charge in [0.2, 0.25) is 0 Å². The van der Waals surface area contributed by atoms with Crippen LogP contribution in [0.4, 0.5) is 5.69 Å². The number of anilines is 1. The normalized spacial score (nSPS) is 10.2. The van der Waals surface area contributed by atoms with Crippen LogP contribution >= 0.6 is 12.2 Å². The summed E-state index contributed by atoms with van der Waals surface area (Å²) in [6, 6.07) is 14.1. The van der Waals surface area contributed by atoms with Crippen molar-refractivity contribution >= 4 is 33.8 Å². The predicted octanol–water partition coefficient (Wildman–Crippen LogP) is 2.12. The molecule has 2 aromatic rings. The smallest absolute Gasteiger partial charge is 0.170 e. The van der Waals surface area contributed by atoms with Gasteiger partial charge in [0.25, 0.3) is 0 Å². The first-order valence-corrected chi connectivity index (χ1v) is 5.85. The van der Waals surface area contributed by atoms with Gasteiger partial charge in [-0.2, -0.15) is 0 Å². The van der Waals surface area contributed by atoms with Gasteiger partial charge >= 0.3 is 0 Å². The lowest BCUT2D eigenvalue weighted by Gasteiger charge is -2.11. The Bertz CT molecular complexity index is 522. The van der Waals surface area contributed by atoms with Gasteiger partial charge in [-0.3, -0.25) is 0 Å². The van der Waals surface area contributed by atoms with E-state index in [4.69, 9.17) is 17.3 Å². The number of nitrogens with one attached hydrogen (secondary N) is 2. The summed E-state index contributed by atoms with van der Waals surface area (Å²) in [5.74, 6) is 0. The highest BCUT2D eigenvalue weighted by molar-refractivity contribution is 7.80. The molecule has 0 aromatic heterocycles. The van der Waals surface area contributed by atoms with Crippen LogP contribution in [0.3, 0.4) is 0 Å². The van der Waals surface area contributed by atoms with E-state index in [1.54, 1.807) is 0 Å². The highest BCUT2D eigenvalue weighted by atomic mass is 32.1. The van der Waals surface area contributed by atoms with Crippen LogP contribution in [0.1, 0.15) is 0 Å². The van der Waals surface area contributed by atoms with Crippen LogP contribution in [0.5, 0.6) is 0 Å². The molecule has 0 aliphatic rings. The van der Waals surface area contributed by atoms with E-state index in [0.29, 0.717) is 11.7 Å². The Morgan fingerprint density at radius 3 is 2.71 bits per heavy atom. The first kappa shape index (κ1) is 11.8. The number of hydrogen-bond acceptors (Lipinski definition) is 2. The van der Waals surface area contributed by atoms with Crippen LogP contribution in [-0.4, -0.2) is 23.4 Å². The summed E-state index contributed by atoms with van der Waals surface area (Å²) < 4.78 is 0. The van der Waals surface area contributed by atoms with Crippen LogP contribution in [-0.2, 0) is 0 Å². The monoisotopic (exact) mass is 246 g/mol. The van der Waals surface area contributed by atoms with E-state index < -0.39 is 0 Å². The van der Waals surface area contributed by atoms with Crippen molar-refractivity contribution in [2.45, 2.75) is 0 Å². The number of benzene rings is 2. The Balaban J connectivity index is 2.21. The molecule has 0 saturated carbocycles. The van der Waals surface area contributed by atoms with E-state index in [9.17, 15) is 0 Å². The van der Waals surface area contributed by atoms with Gasteiger partial charge in [-0.15, -0.1) is 0 Å². The zero-order valence-corrected chi connectivity index (χ0v) is 10.1. The molecule has 0 heterocycles. The Kier molecular flexibility index (Phi) is 3.90. The summed E-state index contributed by atoms with van der Waals surface area (Å²) in [6.45, 7) is 0.522. The zero-order valence-electron chi connectivity index (χ0n) is 9.31. The Morgan fingerprint density at radius 2 is 1.88 bits per heavy atom. The number of aliphatic hydroxyl groups excluding tert-OH is 1. The lowest BCUT2D eigenvalue weighted by Crippen LogP contribution is -2.30. The van der Waals surface area contributed by atoms with E-state index >= 15 is 0 Å². The molecule has 0 amide bonds. The van der Waals surface area contributed by atoms with E-state index in [2.05, 4.69) is 22.8 Å². The van der Waals surface area contributed by atoms with Gasteiger partial charge in [-0.25, -0.2) is 0 Å². The maximum absolute atomic E-state index is 8.70. The van der Waals surface area contributed by atoms with Crippen molar-refractivity contribution in [3.63, 3.8) is 0 Å². The number of thiocarbonyl (C=S) groups is 1. The molecule has 0 aliphatic heterocycles. The van der Waals surface area contributed by atoms with Crippen LogP contribution in [0.25, 0.3) is 10.8 Å². The third-order valence-electron chi connectivity index (χ3n) is 2.44. The number of aliphatic hydroxyl groups is 1. The van der Waals surface area contributed by atoms with Gasteiger partial charge in [0.05, 0.1) is 6.61 Å². The Morgan fingerprint density at radius 1 is 1.12 bits per heavy atom. The fourth-order valence-corrected chi connectivity index (χ4v) is 1.88. The molecule has 0 radical (unpaired) electrons. The summed E-state index contributed by atoms with van der Waals surface area (Å²) in [4.78, 5) is 0. The molecule has 0 unspecified atom stereocenters. The van der Waals surface area contributed by atoms with Crippen molar-refractivity contribution in [3.05, 3.63) is 42.5 Å². The summed E-state index contributed by atoms with van der Waals surface area (Å²) in [7, 11) is 0. The quantitative estimate of drug-likeness (QED) is 0.726. The maximum atomic E-state index is 8.70. The number of hydrogen-bond donors (Lipinski definition) is 3. The number of fused-ring (bicyclic) bond motifs is 1. The standard InChI is InChI=1S/C13H14N2OS/c16-9-8-14-13(17)15-12-7-3-5-10-4-1-2-6-11(10)12/h1-7,16H,8-9H2,(H2,14,15,17). The first-order chi connectivity index (χ1) is 8.31. The maximum Gasteiger partial charge on any atom is 0.170 e. The first-order valence-electron chi connectivity index (χ1n) is 5.45. The van der Waals surface area contributed by atoms with E-state index in [0.717, 1.165) is 11.1 Å². The molecule has 2 aromatic carbocycles. The molecule has 3 N–H and O–H groups in total. The van der Waals surface area contributed by atoms with E-state index in [1.807, 2.05) is 30.3 Å². The van der Waals surface area contributed by atoms with Gasteiger partial charge in [0, 0.05) is 17.6 Å². The molecule has 0 bridgehead atoms. The third kappa shape index (κ3) is 2.93. The lowest BCUT2D eigenvalue weighted by molar-refractivity contribution is 0.301. The minimum Gasteiger partial charge on any atom is -0.395 e. The fourth-order valence-electron chi connectivity index (χ4n) is 1.67. The van der Waals surface area contributed by atoms with Crippen LogP contribution in [0.2, 0.25) is 0 Å². The molecular weight excluding hydrogens is 232 g/mol. The average molecular weight is 246 g/mol. The molecule has 4 heteroatoms. The van der Waals surface area contributed by atoms with Crippen LogP contribution in [0, 0.1) is 0 Å². The van der Waals surface area contributed by atoms with Crippen molar-refractivity contribution in [1.29, 1.82) is 0 Å². The van der Waals surface area contributed by atoms with Gasteiger partial charge in [0.1, 0.15) is 0 Å². The molecule has 2 rings (SSSR count). The SMILES string of the molecule is OCCNC(=S)Nc1cccc2ccccc12. The van der Waals surface area contributed by atoms with Crippen LogP contribution < -0.4 is 10.6 Å². The van der Waals surface area contributed by atoms with Crippen molar-refractivity contribution in [2.75, 3.05) is 18.5 Å². The molecular formula is C13H14N2OS. The predicted molar refractivity (Wildman–Crippen MR) is 75.3 cm³/mol. The second-order valence-electron chi connectivity index (χ2n) is 3.63.